The quantitative estimate of drug-likeness (QED) is 0.103. The molecule has 0 aromatic carbocycles. The Kier molecular flexibility index (Phi) is 14.0. The van der Waals surface area contributed by atoms with Gasteiger partial charge in [0.15, 0.2) is 6.10 Å². The Labute approximate surface area is 209 Å². The number of carbonyl (C=O) groups excluding carboxylic acids is 3. The van der Waals surface area contributed by atoms with Crippen LogP contribution in [0.4, 0.5) is 4.79 Å². The molecule has 36 heavy (non-hydrogen) atoms. The van der Waals surface area contributed by atoms with Gasteiger partial charge in [0.2, 0.25) is 6.54 Å². The van der Waals surface area contributed by atoms with Crippen LogP contribution in [0.5, 0.6) is 0 Å². The van der Waals surface area contributed by atoms with E-state index in [1.807, 2.05) is 13.8 Å². The Hall–Kier alpha value is -4.03. The molecule has 1 aliphatic rings. The van der Waals surface area contributed by atoms with E-state index in [4.69, 9.17) is 28.9 Å². The van der Waals surface area contributed by atoms with Gasteiger partial charge in [0.05, 0.1) is 0 Å². The molecule has 1 aliphatic heterocycles. The van der Waals surface area contributed by atoms with Crippen molar-refractivity contribution in [1.82, 2.24) is 5.06 Å². The molecule has 1 saturated heterocycles. The van der Waals surface area contributed by atoms with E-state index in [2.05, 4.69) is 34.6 Å². The highest BCUT2D eigenvalue weighted by Gasteiger charge is 2.38. The molecule has 2 unspecified atom stereocenters. The van der Waals surface area contributed by atoms with Gasteiger partial charge < -0.3 is 19.5 Å². The summed E-state index contributed by atoms with van der Waals surface area (Å²) in [6, 6.07) is 0. The molecular weight excluding hydrogens is 474 g/mol. The van der Waals surface area contributed by atoms with Crippen LogP contribution in [0, 0.1) is 24.0 Å². The molecule has 15 heteroatoms. The lowest BCUT2D eigenvalue weighted by Crippen LogP contribution is -2.39. The molecule has 1 rings (SSSR count). The van der Waals surface area contributed by atoms with Crippen LogP contribution in [-0.4, -0.2) is 66.5 Å². The van der Waals surface area contributed by atoms with Crippen molar-refractivity contribution in [3.8, 4) is 0 Å². The van der Waals surface area contributed by atoms with E-state index in [1.165, 1.54) is 0 Å². The lowest BCUT2D eigenvalue weighted by Gasteiger charge is -2.30. The SMILES string of the molecule is [C-]#[N+]CC(O)C(C)(C)CCN=[N+]=[N-].[C-]#[N+]CC(OC(=O)ON1C(=O)CCC1=O)C(C)(C)CCN=[N+]=[N-]. The van der Waals surface area contributed by atoms with Crippen molar-refractivity contribution in [2.75, 3.05) is 26.2 Å². The van der Waals surface area contributed by atoms with Crippen molar-refractivity contribution in [2.24, 2.45) is 21.1 Å². The van der Waals surface area contributed by atoms with Gasteiger partial charge in [0, 0.05) is 41.2 Å². The van der Waals surface area contributed by atoms with Crippen LogP contribution in [0.25, 0.3) is 30.6 Å². The van der Waals surface area contributed by atoms with Gasteiger partial charge >= 0.3 is 6.16 Å². The summed E-state index contributed by atoms with van der Waals surface area (Å²) in [6.07, 6.45) is -1.78. The molecule has 1 fully saturated rings. The highest BCUT2D eigenvalue weighted by molar-refractivity contribution is 6.01. The number of nitrogens with zero attached hydrogens (tertiary/aromatic N) is 9. The lowest BCUT2D eigenvalue weighted by atomic mass is 9.83. The van der Waals surface area contributed by atoms with Crippen LogP contribution in [0.2, 0.25) is 0 Å². The van der Waals surface area contributed by atoms with E-state index in [9.17, 15) is 19.5 Å². The lowest BCUT2D eigenvalue weighted by molar-refractivity contribution is -0.179. The standard InChI is InChI=1S/C13H17N5O5.C8H14N4O/c1-13(2,6-7-16-17-14)9(8-15-3)22-12(21)23-18-10(19)4-5-11(18)20;1-8(2,4-5-11-12-9)7(13)6-10-3/h9H,4-8H2,1-2H3;7,13H,4-6H2,1-2H3. The van der Waals surface area contributed by atoms with Gasteiger partial charge in [-0.3, -0.25) is 14.4 Å². The van der Waals surface area contributed by atoms with Crippen LogP contribution in [-0.2, 0) is 19.2 Å². The van der Waals surface area contributed by atoms with Gasteiger partial charge in [-0.25, -0.2) is 17.9 Å². The predicted octanol–water partition coefficient (Wildman–Crippen LogP) is 4.21. The molecule has 0 aromatic heterocycles. The number of hydrogen-bond acceptors (Lipinski definition) is 8. The monoisotopic (exact) mass is 505 g/mol. The van der Waals surface area contributed by atoms with E-state index in [0.717, 1.165) is 0 Å². The molecule has 2 amide bonds. The number of ether oxygens (including phenoxy) is 1. The molecule has 0 aromatic rings. The van der Waals surface area contributed by atoms with Gasteiger partial charge in [-0.15, -0.1) is 0 Å². The van der Waals surface area contributed by atoms with Gasteiger partial charge in [0.25, 0.3) is 18.4 Å². The van der Waals surface area contributed by atoms with E-state index < -0.39 is 35.6 Å². The topological polar surface area (TPSA) is 199 Å². The number of rotatable bonds is 12. The number of azide groups is 2. The average Bonchev–Trinajstić information content (AvgIpc) is 3.11. The minimum atomic E-state index is -1.22. The fourth-order valence-electron chi connectivity index (χ4n) is 2.82. The zero-order valence-corrected chi connectivity index (χ0v) is 20.8. The molecule has 15 nitrogen and oxygen atoms in total. The number of hydroxylamine groups is 2. The highest BCUT2D eigenvalue weighted by atomic mass is 16.8. The second kappa shape index (κ2) is 15.8. The zero-order chi connectivity index (χ0) is 27.8. The second-order valence-corrected chi connectivity index (χ2v) is 9.11. The maximum atomic E-state index is 11.8. The molecule has 1 N–H and O–H groups in total. The van der Waals surface area contributed by atoms with Crippen molar-refractivity contribution in [2.45, 2.75) is 65.6 Å². The van der Waals surface area contributed by atoms with E-state index in [-0.39, 0.29) is 37.9 Å². The Morgan fingerprint density at radius 1 is 1.00 bits per heavy atom. The summed E-state index contributed by atoms with van der Waals surface area (Å²) < 4.78 is 5.09. The van der Waals surface area contributed by atoms with Crippen LogP contribution in [0.3, 0.4) is 0 Å². The summed E-state index contributed by atoms with van der Waals surface area (Å²) in [6.45, 7) is 21.3. The normalized spacial score (nSPS) is 14.6. The molecule has 2 atom stereocenters. The van der Waals surface area contributed by atoms with Gasteiger partial charge in [-0.1, -0.05) is 43.0 Å². The van der Waals surface area contributed by atoms with E-state index in [0.29, 0.717) is 24.4 Å². The summed E-state index contributed by atoms with van der Waals surface area (Å²) in [5.74, 6) is -1.23. The zero-order valence-electron chi connectivity index (χ0n) is 20.8. The molecule has 0 radical (unpaired) electrons. The third-order valence-electron chi connectivity index (χ3n) is 5.54. The fourth-order valence-corrected chi connectivity index (χ4v) is 2.82. The first-order valence-electron chi connectivity index (χ1n) is 11.0. The molecule has 0 bridgehead atoms. The number of carbonyl (C=O) groups is 3. The first-order chi connectivity index (χ1) is 16.9. The third kappa shape index (κ3) is 11.4. The van der Waals surface area contributed by atoms with Crippen LogP contribution < -0.4 is 0 Å². The van der Waals surface area contributed by atoms with Crippen molar-refractivity contribution in [3.63, 3.8) is 0 Å². The number of aliphatic hydroxyl groups excluding tert-OH is 1. The first-order valence-corrected chi connectivity index (χ1v) is 11.0. The molecular formula is C21H31N9O6. The Bertz CT molecular complexity index is 940. The second-order valence-electron chi connectivity index (χ2n) is 9.11. The van der Waals surface area contributed by atoms with Crippen molar-refractivity contribution < 1.29 is 29.1 Å². The maximum Gasteiger partial charge on any atom is 0.534 e. The number of aliphatic hydroxyl groups is 1. The van der Waals surface area contributed by atoms with Crippen LogP contribution >= 0.6 is 0 Å². The minimum absolute atomic E-state index is 0.0186. The van der Waals surface area contributed by atoms with Gasteiger partial charge in [-0.2, -0.15) is 0 Å². The fraction of sp³-hybridized carbons (Fsp3) is 0.762. The first kappa shape index (κ1) is 32.0. The van der Waals surface area contributed by atoms with Crippen molar-refractivity contribution in [1.29, 1.82) is 0 Å². The third-order valence-corrected chi connectivity index (χ3v) is 5.54. The summed E-state index contributed by atoms with van der Waals surface area (Å²) in [7, 11) is 0. The largest absolute Gasteiger partial charge is 0.534 e. The van der Waals surface area contributed by atoms with E-state index >= 15 is 0 Å². The van der Waals surface area contributed by atoms with Crippen LogP contribution in [0.1, 0.15) is 53.4 Å². The summed E-state index contributed by atoms with van der Waals surface area (Å²) >= 11 is 0. The average molecular weight is 506 g/mol. The van der Waals surface area contributed by atoms with Gasteiger partial charge in [-0.05, 0) is 29.3 Å². The smallest absolute Gasteiger partial charge is 0.421 e. The van der Waals surface area contributed by atoms with Crippen molar-refractivity contribution in [3.05, 3.63) is 43.7 Å². The Balaban J connectivity index is 0.000000802. The van der Waals surface area contributed by atoms with Gasteiger partial charge in [0.1, 0.15) is 6.10 Å². The molecule has 0 spiro atoms. The van der Waals surface area contributed by atoms with E-state index in [1.54, 1.807) is 13.8 Å². The predicted molar refractivity (Wildman–Crippen MR) is 126 cm³/mol. The molecule has 1 heterocycles. The minimum Gasteiger partial charge on any atom is -0.421 e. The number of hydrogen-bond donors (Lipinski definition) is 1. The molecule has 196 valence electrons. The Morgan fingerprint density at radius 2 is 1.47 bits per heavy atom. The molecule has 0 aliphatic carbocycles. The maximum absolute atomic E-state index is 11.8. The molecule has 0 saturated carbocycles. The number of amides is 2. The summed E-state index contributed by atoms with van der Waals surface area (Å²) in [5, 5.41) is 16.7. The highest BCUT2D eigenvalue weighted by Crippen LogP contribution is 2.29. The van der Waals surface area contributed by atoms with Crippen LogP contribution in [0.15, 0.2) is 10.2 Å². The Morgan fingerprint density at radius 3 is 1.92 bits per heavy atom. The number of imide groups is 1. The summed E-state index contributed by atoms with van der Waals surface area (Å²) in [5.41, 5.74) is 15.3. The van der Waals surface area contributed by atoms with Crippen molar-refractivity contribution >= 4 is 18.0 Å². The summed E-state index contributed by atoms with van der Waals surface area (Å²) in [4.78, 5) is 50.8.